The Bertz CT molecular complexity index is 3610. The number of aromatic nitrogens is 10. The van der Waals surface area contributed by atoms with Crippen molar-refractivity contribution in [3.63, 3.8) is 0 Å². The van der Waals surface area contributed by atoms with Crippen molar-refractivity contribution in [2.75, 3.05) is 36.0 Å². The number of tetrazole rings is 2. The van der Waals surface area contributed by atoms with Crippen LogP contribution in [0.4, 0.5) is 14.7 Å². The highest BCUT2D eigenvalue weighted by Crippen LogP contribution is 2.51. The van der Waals surface area contributed by atoms with E-state index in [4.69, 9.17) is 31.2 Å². The maximum atomic E-state index is 18.1. The van der Waals surface area contributed by atoms with Crippen LogP contribution in [0.3, 0.4) is 0 Å². The first-order valence-corrected chi connectivity index (χ1v) is 25.9. The van der Waals surface area contributed by atoms with Gasteiger partial charge in [0.05, 0.1) is 22.1 Å². The first-order chi connectivity index (χ1) is 35.8. The third-order valence-corrected chi connectivity index (χ3v) is 16.4. The van der Waals surface area contributed by atoms with Gasteiger partial charge in [-0.1, -0.05) is 82.8 Å². The quantitative estimate of drug-likeness (QED) is 0.124. The smallest absolute Gasteiger partial charge is 0.327 e. The monoisotopic (exact) mass is 1050 g/mol. The van der Waals surface area contributed by atoms with Crippen molar-refractivity contribution in [2.45, 2.75) is 63.8 Å². The fourth-order valence-corrected chi connectivity index (χ4v) is 12.2. The number of carboxylic acid groups (broad SMARTS) is 2. The minimum absolute atomic E-state index is 0.306. The van der Waals surface area contributed by atoms with Crippen LogP contribution in [-0.4, -0.2) is 110 Å². The second-order valence-electron chi connectivity index (χ2n) is 18.8. The summed E-state index contributed by atoms with van der Waals surface area (Å²) >= 11 is 9.63. The van der Waals surface area contributed by atoms with Gasteiger partial charge in [0, 0.05) is 84.7 Å². The molecule has 2 saturated heterocycles. The SMILES string of the molecule is Cc1cc(C2=CC3(CCN(c4ncc(-c5nnn(CC(=O)O)n5)s4)CC3)Oc3ccccc32)c(F)c(-c2cccc3c2OC2(C=C3c3cccc(Cl)c3C)CCN(c3ncc(-c4nnn(CC(=O)O)n4)s3)CC2)c1. The van der Waals surface area contributed by atoms with Crippen molar-refractivity contribution >= 4 is 67.6 Å². The summed E-state index contributed by atoms with van der Waals surface area (Å²) in [5.74, 6) is -0.610. The lowest BCUT2D eigenvalue weighted by atomic mass is 9.80. The van der Waals surface area contributed by atoms with E-state index in [1.807, 2.05) is 80.6 Å². The molecular weight excluding hydrogens is 1010 g/mol. The van der Waals surface area contributed by atoms with Gasteiger partial charge < -0.3 is 29.5 Å². The van der Waals surface area contributed by atoms with E-state index >= 15 is 4.39 Å². The molecule has 4 aromatic carbocycles. The normalized spacial score (nSPS) is 16.5. The van der Waals surface area contributed by atoms with E-state index < -0.39 is 36.2 Å². The number of rotatable bonds is 11. The van der Waals surface area contributed by atoms with E-state index in [2.05, 4.69) is 63.8 Å². The van der Waals surface area contributed by atoms with E-state index in [9.17, 15) is 14.7 Å². The number of piperidine rings is 2. The largest absolute Gasteiger partial charge is 0.482 e. The second kappa shape index (κ2) is 18.6. The lowest BCUT2D eigenvalue weighted by Gasteiger charge is -2.44. The first-order valence-electron chi connectivity index (χ1n) is 23.8. The Morgan fingerprint density at radius 2 is 1.18 bits per heavy atom. The maximum absolute atomic E-state index is 18.1. The number of thiazole rings is 2. The van der Waals surface area contributed by atoms with Crippen molar-refractivity contribution in [3.8, 4) is 44.0 Å². The summed E-state index contributed by atoms with van der Waals surface area (Å²) in [7, 11) is 0. The molecule has 0 atom stereocenters. The number of ether oxygens (including phenoxy) is 2. The van der Waals surface area contributed by atoms with Crippen molar-refractivity contribution < 1.29 is 33.7 Å². The van der Waals surface area contributed by atoms with Gasteiger partial charge in [0.2, 0.25) is 11.6 Å². The van der Waals surface area contributed by atoms with Crippen LogP contribution < -0.4 is 19.3 Å². The van der Waals surface area contributed by atoms with Crippen LogP contribution in [0.15, 0.2) is 97.3 Å². The Hall–Kier alpha value is -7.88. The van der Waals surface area contributed by atoms with E-state index in [1.54, 1.807) is 12.4 Å². The molecule has 0 radical (unpaired) electrons. The Labute approximate surface area is 435 Å². The van der Waals surface area contributed by atoms with Crippen LogP contribution in [-0.2, 0) is 22.7 Å². The lowest BCUT2D eigenvalue weighted by Crippen LogP contribution is -2.48. The summed E-state index contributed by atoms with van der Waals surface area (Å²) in [6, 6.07) is 23.5. The zero-order valence-corrected chi connectivity index (χ0v) is 42.2. The number of aryl methyl sites for hydroxylation is 1. The fraction of sp³-hybridized carbons (Fsp3) is 0.269. The number of nitrogens with zero attached hydrogens (tertiary/aromatic N) is 12. The standard InChI is InChI=1S/C52H44ClFN12O6S2/c1-29-21-35(45(54)36(22-29)38-24-51(71-40-12-4-3-7-32(38)40)13-17-63(18-14-51)49-55-25-41(73-49)47-57-61-65(59-47)27-43(67)68)33-9-5-10-34-37(31-8-6-11-39(53)30(31)2)23-52(72-46(33)34)15-19-64(20-16-52)50-56-26-42(74-50)48-58-62-66(60-48)28-44(69)70/h3-12,21-26H,13-20,27-28H2,1-2H3,(H,67,68)(H,69,70). The van der Waals surface area contributed by atoms with Gasteiger partial charge in [0.15, 0.2) is 23.4 Å². The molecule has 2 spiro atoms. The molecule has 4 aliphatic heterocycles. The maximum Gasteiger partial charge on any atom is 0.327 e. The van der Waals surface area contributed by atoms with Gasteiger partial charge in [-0.3, -0.25) is 9.59 Å². The molecule has 0 bridgehead atoms. The Morgan fingerprint density at radius 1 is 0.662 bits per heavy atom. The highest BCUT2D eigenvalue weighted by atomic mass is 35.5. The molecule has 2 N–H and O–H groups in total. The lowest BCUT2D eigenvalue weighted by molar-refractivity contribution is -0.139. The average Bonchev–Trinajstić information content (AvgIpc) is 4.25. The van der Waals surface area contributed by atoms with Gasteiger partial charge >= 0.3 is 11.9 Å². The van der Waals surface area contributed by atoms with Gasteiger partial charge in [0.1, 0.15) is 28.5 Å². The summed E-state index contributed by atoms with van der Waals surface area (Å²) in [5.41, 5.74) is 6.15. The number of halogens is 2. The predicted octanol–water partition coefficient (Wildman–Crippen LogP) is 8.88. The number of aliphatic carboxylic acids is 2. The van der Waals surface area contributed by atoms with E-state index in [1.165, 1.54) is 22.7 Å². The topological polar surface area (TPSA) is 213 Å². The molecule has 4 aliphatic rings. The molecule has 74 heavy (non-hydrogen) atoms. The van der Waals surface area contributed by atoms with E-state index in [-0.39, 0.29) is 5.82 Å². The van der Waals surface area contributed by atoms with Crippen LogP contribution in [0, 0.1) is 19.7 Å². The minimum atomic E-state index is -1.06. The molecule has 8 aromatic rings. The molecule has 8 heterocycles. The molecule has 0 unspecified atom stereocenters. The number of carbonyl (C=O) groups is 2. The van der Waals surface area contributed by atoms with Crippen LogP contribution in [0.5, 0.6) is 11.5 Å². The molecule has 22 heteroatoms. The van der Waals surface area contributed by atoms with Crippen molar-refractivity contribution in [1.82, 2.24) is 50.4 Å². The molecule has 374 valence electrons. The number of anilines is 2. The summed E-state index contributed by atoms with van der Waals surface area (Å²) in [5, 5.41) is 44.8. The summed E-state index contributed by atoms with van der Waals surface area (Å²) < 4.78 is 32.3. The van der Waals surface area contributed by atoms with Crippen molar-refractivity contribution in [2.24, 2.45) is 0 Å². The zero-order chi connectivity index (χ0) is 50.9. The van der Waals surface area contributed by atoms with Gasteiger partial charge in [-0.15, -0.1) is 20.4 Å². The van der Waals surface area contributed by atoms with Crippen LogP contribution in [0.2, 0.25) is 5.02 Å². The molecule has 0 amide bonds. The molecule has 18 nitrogen and oxygen atoms in total. The van der Waals surface area contributed by atoms with Crippen molar-refractivity contribution in [1.29, 1.82) is 0 Å². The third kappa shape index (κ3) is 8.72. The van der Waals surface area contributed by atoms with Crippen LogP contribution >= 0.6 is 34.3 Å². The molecular formula is C52H44ClFN12O6S2. The van der Waals surface area contributed by atoms with Gasteiger partial charge in [-0.05, 0) is 88.5 Å². The Balaban J connectivity index is 0.864. The number of para-hydroxylation sites is 2. The van der Waals surface area contributed by atoms with Crippen molar-refractivity contribution in [3.05, 3.63) is 142 Å². The summed E-state index contributed by atoms with van der Waals surface area (Å²) in [4.78, 5) is 39.5. The second-order valence-corrected chi connectivity index (χ2v) is 21.2. The van der Waals surface area contributed by atoms with Crippen LogP contribution in [0.25, 0.3) is 43.7 Å². The number of carboxylic acids is 2. The van der Waals surface area contributed by atoms with Crippen LogP contribution in [0.1, 0.15) is 59.1 Å². The molecule has 2 fully saturated rings. The Kier molecular flexibility index (Phi) is 11.8. The molecule has 0 saturated carbocycles. The minimum Gasteiger partial charge on any atom is -0.482 e. The van der Waals surface area contributed by atoms with E-state index in [0.717, 1.165) is 58.8 Å². The van der Waals surface area contributed by atoms with Gasteiger partial charge in [-0.25, -0.2) is 14.4 Å². The summed E-state index contributed by atoms with van der Waals surface area (Å²) in [6.45, 7) is 5.63. The average molecular weight is 1050 g/mol. The first kappa shape index (κ1) is 47.1. The predicted molar refractivity (Wildman–Crippen MR) is 276 cm³/mol. The third-order valence-electron chi connectivity index (χ3n) is 13.9. The van der Waals surface area contributed by atoms with Gasteiger partial charge in [0.25, 0.3) is 0 Å². The highest BCUT2D eigenvalue weighted by Gasteiger charge is 2.43. The molecule has 0 aliphatic carbocycles. The number of hydrogen-bond donors (Lipinski definition) is 2. The molecule has 4 aromatic heterocycles. The number of fused-ring (bicyclic) bond motifs is 2. The number of benzene rings is 4. The molecule has 12 rings (SSSR count). The van der Waals surface area contributed by atoms with Gasteiger partial charge in [-0.2, -0.15) is 9.59 Å². The Morgan fingerprint density at radius 3 is 1.78 bits per heavy atom. The highest BCUT2D eigenvalue weighted by molar-refractivity contribution is 7.19. The zero-order valence-electron chi connectivity index (χ0n) is 39.8. The van der Waals surface area contributed by atoms with E-state index in [0.29, 0.717) is 106 Å². The summed E-state index contributed by atoms with van der Waals surface area (Å²) in [6.07, 6.45) is 10.1. The number of hydrogen-bond acceptors (Lipinski definition) is 16. The fourth-order valence-electron chi connectivity index (χ4n) is 10.3.